The molecular formula is C21H29N3O2. The summed E-state index contributed by atoms with van der Waals surface area (Å²) in [6.45, 7) is 2.00. The zero-order chi connectivity index (χ0) is 18.0. The number of urea groups is 1. The van der Waals surface area contributed by atoms with Crippen molar-refractivity contribution in [1.82, 2.24) is 15.5 Å². The molecule has 4 rings (SSSR count). The van der Waals surface area contributed by atoms with Crippen molar-refractivity contribution in [2.45, 2.75) is 57.0 Å². The van der Waals surface area contributed by atoms with E-state index in [9.17, 15) is 9.59 Å². The molecule has 0 spiro atoms. The topological polar surface area (TPSA) is 61.4 Å². The number of nitrogens with one attached hydrogen (secondary N) is 2. The Hall–Kier alpha value is -2.04. The predicted molar refractivity (Wildman–Crippen MR) is 100 cm³/mol. The molecule has 1 heterocycles. The number of rotatable bonds is 6. The van der Waals surface area contributed by atoms with Crippen LogP contribution in [0.1, 0.15) is 50.5 Å². The van der Waals surface area contributed by atoms with E-state index in [1.807, 2.05) is 35.2 Å². The summed E-state index contributed by atoms with van der Waals surface area (Å²) in [4.78, 5) is 26.7. The Morgan fingerprint density at radius 2 is 1.73 bits per heavy atom. The molecule has 1 aromatic carbocycles. The van der Waals surface area contributed by atoms with E-state index in [1.54, 1.807) is 0 Å². The van der Waals surface area contributed by atoms with Gasteiger partial charge in [-0.05, 0) is 43.6 Å². The summed E-state index contributed by atoms with van der Waals surface area (Å²) in [6.07, 6.45) is 7.51. The molecule has 3 aliphatic rings. The van der Waals surface area contributed by atoms with E-state index in [0.717, 1.165) is 56.7 Å². The minimum atomic E-state index is -0.0863. The number of carbonyl (C=O) groups is 2. The summed E-state index contributed by atoms with van der Waals surface area (Å²) in [5.41, 5.74) is 1.02. The maximum atomic E-state index is 12.5. The summed E-state index contributed by atoms with van der Waals surface area (Å²) in [7, 11) is 0. The normalized spacial score (nSPS) is 21.9. The van der Waals surface area contributed by atoms with Gasteiger partial charge in [-0.1, -0.05) is 43.2 Å². The molecule has 0 atom stereocenters. The Kier molecular flexibility index (Phi) is 4.88. The quantitative estimate of drug-likeness (QED) is 0.824. The van der Waals surface area contributed by atoms with Gasteiger partial charge in [-0.25, -0.2) is 4.79 Å². The molecule has 1 aromatic rings. The van der Waals surface area contributed by atoms with Gasteiger partial charge in [0.2, 0.25) is 5.91 Å². The van der Waals surface area contributed by atoms with Gasteiger partial charge in [0.1, 0.15) is 0 Å². The number of piperidine rings is 1. The van der Waals surface area contributed by atoms with Gasteiger partial charge in [-0.3, -0.25) is 4.79 Å². The first-order valence-corrected chi connectivity index (χ1v) is 10.0. The summed E-state index contributed by atoms with van der Waals surface area (Å²) < 4.78 is 0. The van der Waals surface area contributed by atoms with Crippen molar-refractivity contribution in [2.75, 3.05) is 13.1 Å². The number of carbonyl (C=O) groups excluding carboxylic acids is 2. The average Bonchev–Trinajstić information content (AvgIpc) is 3.55. The minimum absolute atomic E-state index is 0.00222. The monoisotopic (exact) mass is 355 g/mol. The number of hydrogen-bond donors (Lipinski definition) is 2. The summed E-state index contributed by atoms with van der Waals surface area (Å²) in [5, 5.41) is 6.40. The molecule has 2 N–H and O–H groups in total. The fourth-order valence-corrected chi connectivity index (χ4v) is 3.99. The van der Waals surface area contributed by atoms with Gasteiger partial charge in [0.15, 0.2) is 0 Å². The van der Waals surface area contributed by atoms with Crippen LogP contribution in [0.5, 0.6) is 0 Å². The number of likely N-dealkylation sites (tertiary alicyclic amines) is 1. The van der Waals surface area contributed by atoms with Crippen molar-refractivity contribution in [3.63, 3.8) is 0 Å². The maximum absolute atomic E-state index is 12.5. The smallest absolute Gasteiger partial charge is 0.317 e. The van der Waals surface area contributed by atoms with Crippen molar-refractivity contribution >= 4 is 11.9 Å². The van der Waals surface area contributed by atoms with Crippen LogP contribution < -0.4 is 10.6 Å². The summed E-state index contributed by atoms with van der Waals surface area (Å²) in [6, 6.07) is 9.98. The predicted octanol–water partition coefficient (Wildman–Crippen LogP) is 3.06. The molecule has 5 nitrogen and oxygen atoms in total. The van der Waals surface area contributed by atoms with Gasteiger partial charge in [0.25, 0.3) is 0 Å². The second-order valence-corrected chi connectivity index (χ2v) is 8.32. The third-order valence-electron chi connectivity index (χ3n) is 6.01. The SMILES string of the molecule is O=C(NC1(CC2CC2)CCN(C(=O)NCc2ccccc2)CC1)C1CC1. The summed E-state index contributed by atoms with van der Waals surface area (Å²) >= 11 is 0. The van der Waals surface area contributed by atoms with Gasteiger partial charge in [-0.15, -0.1) is 0 Å². The molecule has 3 fully saturated rings. The Morgan fingerprint density at radius 3 is 2.35 bits per heavy atom. The van der Waals surface area contributed by atoms with Crippen molar-refractivity contribution in [3.8, 4) is 0 Å². The first-order valence-electron chi connectivity index (χ1n) is 10.0. The van der Waals surface area contributed by atoms with E-state index < -0.39 is 0 Å². The lowest BCUT2D eigenvalue weighted by atomic mass is 9.82. The van der Waals surface area contributed by atoms with Crippen molar-refractivity contribution in [3.05, 3.63) is 35.9 Å². The van der Waals surface area contributed by atoms with E-state index in [4.69, 9.17) is 0 Å². The molecular weight excluding hydrogens is 326 g/mol. The number of nitrogens with zero attached hydrogens (tertiary/aromatic N) is 1. The maximum Gasteiger partial charge on any atom is 0.317 e. The van der Waals surface area contributed by atoms with Crippen LogP contribution in [0.3, 0.4) is 0 Å². The Bertz CT molecular complexity index is 644. The fourth-order valence-electron chi connectivity index (χ4n) is 3.99. The van der Waals surface area contributed by atoms with Crippen LogP contribution in [-0.4, -0.2) is 35.5 Å². The highest BCUT2D eigenvalue weighted by atomic mass is 16.2. The van der Waals surface area contributed by atoms with Crippen LogP contribution >= 0.6 is 0 Å². The summed E-state index contributed by atoms with van der Waals surface area (Å²) in [5.74, 6) is 1.26. The van der Waals surface area contributed by atoms with E-state index in [1.165, 1.54) is 12.8 Å². The van der Waals surface area contributed by atoms with Crippen LogP contribution in [0.15, 0.2) is 30.3 Å². The van der Waals surface area contributed by atoms with Crippen molar-refractivity contribution in [2.24, 2.45) is 11.8 Å². The highest BCUT2D eigenvalue weighted by Gasteiger charge is 2.43. The highest BCUT2D eigenvalue weighted by Crippen LogP contribution is 2.41. The third-order valence-corrected chi connectivity index (χ3v) is 6.01. The Labute approximate surface area is 155 Å². The first-order chi connectivity index (χ1) is 12.6. The second kappa shape index (κ2) is 7.29. The molecule has 1 saturated heterocycles. The molecule has 2 aliphatic carbocycles. The zero-order valence-corrected chi connectivity index (χ0v) is 15.4. The molecule has 3 amide bonds. The molecule has 5 heteroatoms. The lowest BCUT2D eigenvalue weighted by molar-refractivity contribution is -0.125. The van der Waals surface area contributed by atoms with Crippen molar-refractivity contribution < 1.29 is 9.59 Å². The molecule has 0 radical (unpaired) electrons. The van der Waals surface area contributed by atoms with Gasteiger partial charge in [-0.2, -0.15) is 0 Å². The lowest BCUT2D eigenvalue weighted by Crippen LogP contribution is -2.57. The first kappa shape index (κ1) is 17.4. The van der Waals surface area contributed by atoms with E-state index >= 15 is 0 Å². The highest BCUT2D eigenvalue weighted by molar-refractivity contribution is 5.81. The number of amides is 3. The average molecular weight is 355 g/mol. The van der Waals surface area contributed by atoms with Gasteiger partial charge in [0.05, 0.1) is 0 Å². The van der Waals surface area contributed by atoms with E-state index in [2.05, 4.69) is 10.6 Å². The second-order valence-electron chi connectivity index (χ2n) is 8.32. The van der Waals surface area contributed by atoms with Gasteiger partial charge >= 0.3 is 6.03 Å². The van der Waals surface area contributed by atoms with E-state index in [0.29, 0.717) is 6.54 Å². The van der Waals surface area contributed by atoms with Crippen LogP contribution in [0.4, 0.5) is 4.79 Å². The molecule has 26 heavy (non-hydrogen) atoms. The third kappa shape index (κ3) is 4.37. The van der Waals surface area contributed by atoms with Gasteiger partial charge < -0.3 is 15.5 Å². The standard InChI is InChI=1S/C21H29N3O2/c25-19(18-8-9-18)23-21(14-16-6-7-16)10-12-24(13-11-21)20(26)22-15-17-4-2-1-3-5-17/h1-5,16,18H,6-15H2,(H,22,26)(H,23,25). The number of hydrogen-bond acceptors (Lipinski definition) is 2. The van der Waals surface area contributed by atoms with Crippen LogP contribution in [-0.2, 0) is 11.3 Å². The Morgan fingerprint density at radius 1 is 1.04 bits per heavy atom. The fraction of sp³-hybridized carbons (Fsp3) is 0.619. The van der Waals surface area contributed by atoms with Crippen LogP contribution in [0.25, 0.3) is 0 Å². The molecule has 2 saturated carbocycles. The zero-order valence-electron chi connectivity index (χ0n) is 15.4. The number of benzene rings is 1. The lowest BCUT2D eigenvalue weighted by Gasteiger charge is -2.42. The van der Waals surface area contributed by atoms with E-state index in [-0.39, 0.29) is 23.4 Å². The van der Waals surface area contributed by atoms with Crippen LogP contribution in [0.2, 0.25) is 0 Å². The van der Waals surface area contributed by atoms with Crippen molar-refractivity contribution in [1.29, 1.82) is 0 Å². The molecule has 140 valence electrons. The molecule has 0 bridgehead atoms. The largest absolute Gasteiger partial charge is 0.350 e. The molecule has 0 unspecified atom stereocenters. The van der Waals surface area contributed by atoms with Crippen LogP contribution in [0, 0.1) is 11.8 Å². The van der Waals surface area contributed by atoms with Gasteiger partial charge in [0, 0.05) is 31.1 Å². The Balaban J connectivity index is 1.30. The molecule has 1 aliphatic heterocycles. The molecule has 0 aromatic heterocycles. The minimum Gasteiger partial charge on any atom is -0.350 e.